The molecule has 19 heavy (non-hydrogen) atoms. The van der Waals surface area contributed by atoms with E-state index in [4.69, 9.17) is 15.2 Å². The van der Waals surface area contributed by atoms with Crippen molar-refractivity contribution in [2.24, 2.45) is 5.73 Å². The molecule has 4 nitrogen and oxygen atoms in total. The van der Waals surface area contributed by atoms with Crippen LogP contribution in [0.3, 0.4) is 0 Å². The maximum absolute atomic E-state index is 5.65. The number of benzene rings is 1. The molecule has 0 spiro atoms. The topological polar surface area (TPSA) is 47.7 Å². The molecule has 1 fully saturated rings. The van der Waals surface area contributed by atoms with Gasteiger partial charge >= 0.3 is 0 Å². The Morgan fingerprint density at radius 3 is 2.89 bits per heavy atom. The Balaban J connectivity index is 0.00000180. The Morgan fingerprint density at radius 1 is 1.47 bits per heavy atom. The number of nitrogens with two attached hydrogens (primary N) is 1. The van der Waals surface area contributed by atoms with Gasteiger partial charge in [0.15, 0.2) is 0 Å². The van der Waals surface area contributed by atoms with Gasteiger partial charge in [0, 0.05) is 26.2 Å². The molecule has 108 valence electrons. The highest BCUT2D eigenvalue weighted by Crippen LogP contribution is 2.20. The predicted molar refractivity (Wildman–Crippen MR) is 79.1 cm³/mol. The average Bonchev–Trinajstić information content (AvgIpc) is 2.39. The quantitative estimate of drug-likeness (QED) is 0.913. The fourth-order valence-electron chi connectivity index (χ4n) is 2.36. The third kappa shape index (κ3) is 4.35. The summed E-state index contributed by atoms with van der Waals surface area (Å²) in [6, 6.07) is 6.34. The summed E-state index contributed by atoms with van der Waals surface area (Å²) < 4.78 is 10.8. The summed E-state index contributed by atoms with van der Waals surface area (Å²) in [5.74, 6) is 0.945. The number of rotatable bonds is 4. The highest BCUT2D eigenvalue weighted by atomic mass is 35.5. The largest absolute Gasteiger partial charge is 0.496 e. The third-order valence-corrected chi connectivity index (χ3v) is 3.35. The zero-order chi connectivity index (χ0) is 13.0. The fourth-order valence-corrected chi connectivity index (χ4v) is 2.36. The van der Waals surface area contributed by atoms with Crippen LogP contribution in [0.15, 0.2) is 18.2 Å². The summed E-state index contributed by atoms with van der Waals surface area (Å²) in [5.41, 5.74) is 8.14. The van der Waals surface area contributed by atoms with Crippen LogP contribution in [0.4, 0.5) is 0 Å². The Labute approximate surface area is 121 Å². The summed E-state index contributed by atoms with van der Waals surface area (Å²) in [4.78, 5) is 2.39. The molecule has 1 aromatic carbocycles. The zero-order valence-corrected chi connectivity index (χ0v) is 12.4. The van der Waals surface area contributed by atoms with Gasteiger partial charge in [-0.25, -0.2) is 0 Å². The van der Waals surface area contributed by atoms with E-state index in [1.54, 1.807) is 7.11 Å². The first-order valence-corrected chi connectivity index (χ1v) is 6.40. The Bertz CT molecular complexity index is 401. The van der Waals surface area contributed by atoms with Crippen LogP contribution < -0.4 is 10.5 Å². The second-order valence-corrected chi connectivity index (χ2v) is 4.77. The van der Waals surface area contributed by atoms with E-state index in [0.717, 1.165) is 32.0 Å². The lowest BCUT2D eigenvalue weighted by atomic mass is 10.1. The van der Waals surface area contributed by atoms with Gasteiger partial charge in [-0.1, -0.05) is 12.1 Å². The Morgan fingerprint density at radius 2 is 2.26 bits per heavy atom. The van der Waals surface area contributed by atoms with Gasteiger partial charge in [-0.15, -0.1) is 12.4 Å². The first-order chi connectivity index (χ1) is 8.72. The Hall–Kier alpha value is -0.810. The van der Waals surface area contributed by atoms with Gasteiger partial charge in [-0.2, -0.15) is 0 Å². The number of ether oxygens (including phenoxy) is 2. The fraction of sp³-hybridized carbons (Fsp3) is 0.571. The maximum Gasteiger partial charge on any atom is 0.121 e. The van der Waals surface area contributed by atoms with Crippen molar-refractivity contribution in [3.8, 4) is 5.75 Å². The minimum Gasteiger partial charge on any atom is -0.496 e. The van der Waals surface area contributed by atoms with Crippen LogP contribution in [0.25, 0.3) is 0 Å². The van der Waals surface area contributed by atoms with Crippen molar-refractivity contribution >= 4 is 12.4 Å². The summed E-state index contributed by atoms with van der Waals surface area (Å²) >= 11 is 0. The van der Waals surface area contributed by atoms with Gasteiger partial charge in [0.05, 0.1) is 19.8 Å². The Kier molecular flexibility index (Phi) is 6.58. The van der Waals surface area contributed by atoms with E-state index in [1.165, 1.54) is 11.1 Å². The summed E-state index contributed by atoms with van der Waals surface area (Å²) in [6.45, 7) is 6.29. The zero-order valence-electron chi connectivity index (χ0n) is 11.6. The SMILES string of the molecule is COc1ccc(CN2CCOC(CN)C2)cc1C.Cl. The van der Waals surface area contributed by atoms with Gasteiger partial charge in [0.1, 0.15) is 5.75 Å². The van der Waals surface area contributed by atoms with Crippen LogP contribution in [0.2, 0.25) is 0 Å². The van der Waals surface area contributed by atoms with Crippen LogP contribution in [0.1, 0.15) is 11.1 Å². The summed E-state index contributed by atoms with van der Waals surface area (Å²) in [6.07, 6.45) is 0.179. The molecule has 1 saturated heterocycles. The summed E-state index contributed by atoms with van der Waals surface area (Å²) in [7, 11) is 1.70. The van der Waals surface area contributed by atoms with Crippen molar-refractivity contribution in [2.75, 3.05) is 33.4 Å². The van der Waals surface area contributed by atoms with E-state index in [-0.39, 0.29) is 18.5 Å². The van der Waals surface area contributed by atoms with Crippen molar-refractivity contribution in [1.82, 2.24) is 4.90 Å². The minimum absolute atomic E-state index is 0. The molecular formula is C14H23ClN2O2. The van der Waals surface area contributed by atoms with E-state index < -0.39 is 0 Å². The molecule has 1 aliphatic rings. The van der Waals surface area contributed by atoms with Crippen LogP contribution in [-0.2, 0) is 11.3 Å². The highest BCUT2D eigenvalue weighted by molar-refractivity contribution is 5.85. The maximum atomic E-state index is 5.65. The van der Waals surface area contributed by atoms with E-state index in [9.17, 15) is 0 Å². The molecule has 5 heteroatoms. The van der Waals surface area contributed by atoms with Gasteiger partial charge in [0.2, 0.25) is 0 Å². The van der Waals surface area contributed by atoms with Gasteiger partial charge in [-0.05, 0) is 24.1 Å². The van der Waals surface area contributed by atoms with E-state index in [1.807, 2.05) is 6.07 Å². The molecule has 0 bridgehead atoms. The smallest absolute Gasteiger partial charge is 0.121 e. The molecule has 0 aliphatic carbocycles. The standard InChI is InChI=1S/C14H22N2O2.ClH/c1-11-7-12(3-4-14(11)17-2)9-16-5-6-18-13(8-15)10-16;/h3-4,7,13H,5-6,8-10,15H2,1-2H3;1H. The number of hydrogen-bond acceptors (Lipinski definition) is 4. The molecule has 1 atom stereocenters. The molecule has 2 rings (SSSR count). The van der Waals surface area contributed by atoms with Crippen molar-refractivity contribution in [3.63, 3.8) is 0 Å². The molecule has 1 unspecified atom stereocenters. The molecule has 1 aromatic rings. The molecule has 0 aromatic heterocycles. The highest BCUT2D eigenvalue weighted by Gasteiger charge is 2.19. The third-order valence-electron chi connectivity index (χ3n) is 3.35. The minimum atomic E-state index is 0. The number of morpholine rings is 1. The van der Waals surface area contributed by atoms with Crippen LogP contribution in [-0.4, -0.2) is 44.4 Å². The van der Waals surface area contributed by atoms with Gasteiger partial charge in [0.25, 0.3) is 0 Å². The lowest BCUT2D eigenvalue weighted by molar-refractivity contribution is -0.0260. The normalized spacial score (nSPS) is 19.8. The van der Waals surface area contributed by atoms with Crippen molar-refractivity contribution in [1.29, 1.82) is 0 Å². The summed E-state index contributed by atoms with van der Waals surface area (Å²) in [5, 5.41) is 0. The van der Waals surface area contributed by atoms with Crippen molar-refractivity contribution in [3.05, 3.63) is 29.3 Å². The molecular weight excluding hydrogens is 264 g/mol. The lowest BCUT2D eigenvalue weighted by Crippen LogP contribution is -2.45. The van der Waals surface area contributed by atoms with E-state index in [2.05, 4.69) is 24.0 Å². The molecule has 0 saturated carbocycles. The molecule has 2 N–H and O–H groups in total. The molecule has 0 radical (unpaired) electrons. The van der Waals surface area contributed by atoms with Crippen molar-refractivity contribution < 1.29 is 9.47 Å². The predicted octanol–water partition coefficient (Wildman–Crippen LogP) is 1.58. The second kappa shape index (κ2) is 7.70. The van der Waals surface area contributed by atoms with E-state index in [0.29, 0.717) is 6.54 Å². The molecule has 1 heterocycles. The number of methoxy groups -OCH3 is 1. The molecule has 1 aliphatic heterocycles. The average molecular weight is 287 g/mol. The monoisotopic (exact) mass is 286 g/mol. The van der Waals surface area contributed by atoms with Crippen LogP contribution >= 0.6 is 12.4 Å². The van der Waals surface area contributed by atoms with Crippen LogP contribution in [0, 0.1) is 6.92 Å². The number of nitrogens with zero attached hydrogens (tertiary/aromatic N) is 1. The second-order valence-electron chi connectivity index (χ2n) is 4.77. The first kappa shape index (κ1) is 16.2. The number of hydrogen-bond donors (Lipinski definition) is 1. The lowest BCUT2D eigenvalue weighted by Gasteiger charge is -2.32. The number of aryl methyl sites for hydroxylation is 1. The van der Waals surface area contributed by atoms with E-state index >= 15 is 0 Å². The van der Waals surface area contributed by atoms with Crippen LogP contribution in [0.5, 0.6) is 5.75 Å². The van der Waals surface area contributed by atoms with Gasteiger partial charge < -0.3 is 15.2 Å². The number of halogens is 1. The first-order valence-electron chi connectivity index (χ1n) is 6.40. The van der Waals surface area contributed by atoms with Crippen molar-refractivity contribution in [2.45, 2.75) is 19.6 Å². The van der Waals surface area contributed by atoms with Gasteiger partial charge in [-0.3, -0.25) is 4.90 Å². The molecule has 0 amide bonds.